The smallest absolute Gasteiger partial charge is 0.103 e. The minimum Gasteiger partial charge on any atom is -0.501 e. The zero-order valence-corrected chi connectivity index (χ0v) is 6.53. The van der Waals surface area contributed by atoms with Crippen molar-refractivity contribution in [3.8, 4) is 0 Å². The van der Waals surface area contributed by atoms with Crippen molar-refractivity contribution in [2.24, 2.45) is 5.73 Å². The van der Waals surface area contributed by atoms with Crippen LogP contribution in [0.2, 0.25) is 0 Å². The fourth-order valence-electron chi connectivity index (χ4n) is 1.18. The minimum atomic E-state index is -0.175. The Hall–Kier alpha value is -1.36. The van der Waals surface area contributed by atoms with E-state index in [9.17, 15) is 0 Å². The number of rotatable bonds is 2. The van der Waals surface area contributed by atoms with Crippen molar-refractivity contribution in [1.29, 1.82) is 0 Å². The van der Waals surface area contributed by atoms with Crippen LogP contribution in [-0.4, -0.2) is 22.0 Å². The summed E-state index contributed by atoms with van der Waals surface area (Å²) in [7, 11) is 0. The van der Waals surface area contributed by atoms with Crippen molar-refractivity contribution in [1.82, 2.24) is 15.4 Å². The molecule has 0 saturated carbocycles. The van der Waals surface area contributed by atoms with E-state index < -0.39 is 0 Å². The van der Waals surface area contributed by atoms with E-state index in [1.807, 2.05) is 0 Å². The number of hydrogen-bond acceptors (Lipinski definition) is 4. The first-order valence-corrected chi connectivity index (χ1v) is 3.79. The average Bonchev–Trinajstić information content (AvgIpc) is 2.77. The SMILES string of the molecule is NC(C1=COCC1)c1cn[nH]n1. The van der Waals surface area contributed by atoms with Crippen LogP contribution < -0.4 is 5.73 Å². The van der Waals surface area contributed by atoms with E-state index >= 15 is 0 Å². The molecule has 5 heteroatoms. The highest BCUT2D eigenvalue weighted by atomic mass is 16.5. The van der Waals surface area contributed by atoms with Crippen molar-refractivity contribution in [2.75, 3.05) is 6.61 Å². The largest absolute Gasteiger partial charge is 0.501 e. The maximum Gasteiger partial charge on any atom is 0.103 e. The van der Waals surface area contributed by atoms with Crippen molar-refractivity contribution < 1.29 is 4.74 Å². The summed E-state index contributed by atoms with van der Waals surface area (Å²) < 4.78 is 5.08. The van der Waals surface area contributed by atoms with E-state index in [0.717, 1.165) is 24.3 Å². The van der Waals surface area contributed by atoms with E-state index in [2.05, 4.69) is 15.4 Å². The Morgan fingerprint density at radius 1 is 1.67 bits per heavy atom. The summed E-state index contributed by atoms with van der Waals surface area (Å²) in [6, 6.07) is -0.175. The molecule has 3 N–H and O–H groups in total. The van der Waals surface area contributed by atoms with Gasteiger partial charge in [-0.3, -0.25) is 0 Å². The first-order valence-electron chi connectivity index (χ1n) is 3.79. The van der Waals surface area contributed by atoms with E-state index in [1.54, 1.807) is 12.5 Å². The van der Waals surface area contributed by atoms with Gasteiger partial charge in [0.15, 0.2) is 0 Å². The van der Waals surface area contributed by atoms with Crippen LogP contribution in [0.25, 0.3) is 0 Å². The Bertz CT molecular complexity index is 280. The molecule has 0 aliphatic carbocycles. The van der Waals surface area contributed by atoms with Gasteiger partial charge in [0.05, 0.1) is 25.1 Å². The number of ether oxygens (including phenoxy) is 1. The quantitative estimate of drug-likeness (QED) is 0.653. The maximum absolute atomic E-state index is 5.87. The van der Waals surface area contributed by atoms with Crippen LogP contribution in [0.3, 0.4) is 0 Å². The molecule has 2 rings (SSSR count). The van der Waals surface area contributed by atoms with E-state index in [-0.39, 0.29) is 6.04 Å². The van der Waals surface area contributed by atoms with Gasteiger partial charge < -0.3 is 10.5 Å². The second-order valence-corrected chi connectivity index (χ2v) is 2.69. The van der Waals surface area contributed by atoms with Gasteiger partial charge in [-0.15, -0.1) is 0 Å². The zero-order chi connectivity index (χ0) is 8.39. The van der Waals surface area contributed by atoms with E-state index in [4.69, 9.17) is 10.5 Å². The van der Waals surface area contributed by atoms with Crippen molar-refractivity contribution in [2.45, 2.75) is 12.5 Å². The summed E-state index contributed by atoms with van der Waals surface area (Å²) in [4.78, 5) is 0. The Labute approximate surface area is 69.6 Å². The molecular formula is C7H10N4O. The predicted octanol–water partition coefficient (Wildman–Crippen LogP) is 0.109. The molecule has 64 valence electrons. The molecule has 1 unspecified atom stereocenters. The van der Waals surface area contributed by atoms with Gasteiger partial charge in [0, 0.05) is 6.42 Å². The van der Waals surface area contributed by atoms with Gasteiger partial charge >= 0.3 is 0 Å². The van der Waals surface area contributed by atoms with Gasteiger partial charge in [0.2, 0.25) is 0 Å². The molecular weight excluding hydrogens is 156 g/mol. The number of hydrogen-bond donors (Lipinski definition) is 2. The van der Waals surface area contributed by atoms with Gasteiger partial charge in [-0.05, 0) is 5.57 Å². The lowest BCUT2D eigenvalue weighted by molar-refractivity contribution is 0.281. The molecule has 12 heavy (non-hydrogen) atoms. The summed E-state index contributed by atoms with van der Waals surface area (Å²) in [5.74, 6) is 0. The summed E-state index contributed by atoms with van der Waals surface area (Å²) in [6.45, 7) is 0.723. The Morgan fingerprint density at radius 3 is 3.17 bits per heavy atom. The third kappa shape index (κ3) is 1.18. The van der Waals surface area contributed by atoms with Crippen LogP contribution in [0, 0.1) is 0 Å². The van der Waals surface area contributed by atoms with E-state index in [1.165, 1.54) is 0 Å². The molecule has 0 saturated heterocycles. The molecule has 1 aliphatic rings. The Balaban J connectivity index is 2.14. The average molecular weight is 166 g/mol. The molecule has 0 bridgehead atoms. The van der Waals surface area contributed by atoms with Crippen LogP contribution in [0.1, 0.15) is 18.2 Å². The van der Waals surface area contributed by atoms with Crippen LogP contribution in [0.5, 0.6) is 0 Å². The molecule has 1 aromatic heterocycles. The van der Waals surface area contributed by atoms with Gasteiger partial charge in [-0.25, -0.2) is 0 Å². The molecule has 0 amide bonds. The molecule has 0 fully saturated rings. The Kier molecular flexibility index (Phi) is 1.79. The molecule has 0 radical (unpaired) electrons. The van der Waals surface area contributed by atoms with Crippen LogP contribution in [0.4, 0.5) is 0 Å². The number of H-pyrrole nitrogens is 1. The monoisotopic (exact) mass is 166 g/mol. The standard InChI is InChI=1S/C7H10N4O/c8-7(5-1-2-12-4-5)6-3-9-11-10-6/h3-4,7H,1-2,8H2,(H,9,10,11). The molecule has 2 heterocycles. The summed E-state index contributed by atoms with van der Waals surface area (Å²) in [5, 5.41) is 10.1. The molecule has 1 aliphatic heterocycles. The topological polar surface area (TPSA) is 76.8 Å². The van der Waals surface area contributed by atoms with Crippen LogP contribution >= 0.6 is 0 Å². The van der Waals surface area contributed by atoms with Gasteiger partial charge in [0.25, 0.3) is 0 Å². The minimum absolute atomic E-state index is 0.175. The van der Waals surface area contributed by atoms with Crippen molar-refractivity contribution in [3.05, 3.63) is 23.7 Å². The van der Waals surface area contributed by atoms with Gasteiger partial charge in [-0.2, -0.15) is 15.4 Å². The number of aromatic nitrogens is 3. The molecule has 1 atom stereocenters. The summed E-state index contributed by atoms with van der Waals surface area (Å²) in [6.07, 6.45) is 4.22. The zero-order valence-electron chi connectivity index (χ0n) is 6.53. The second kappa shape index (κ2) is 2.94. The number of nitrogens with two attached hydrogens (primary N) is 1. The lowest BCUT2D eigenvalue weighted by Crippen LogP contribution is -2.12. The third-order valence-electron chi connectivity index (χ3n) is 1.90. The normalized spacial score (nSPS) is 18.6. The third-order valence-corrected chi connectivity index (χ3v) is 1.90. The molecule has 0 aromatic carbocycles. The van der Waals surface area contributed by atoms with Gasteiger partial charge in [0.1, 0.15) is 5.69 Å². The predicted molar refractivity (Wildman–Crippen MR) is 42.0 cm³/mol. The first-order chi connectivity index (χ1) is 5.88. The van der Waals surface area contributed by atoms with Crippen molar-refractivity contribution >= 4 is 0 Å². The number of aromatic amines is 1. The number of nitrogens with zero attached hydrogens (tertiary/aromatic N) is 2. The fraction of sp³-hybridized carbons (Fsp3) is 0.429. The summed E-state index contributed by atoms with van der Waals surface area (Å²) in [5.41, 5.74) is 7.70. The lowest BCUT2D eigenvalue weighted by atomic mass is 10.1. The van der Waals surface area contributed by atoms with Crippen molar-refractivity contribution in [3.63, 3.8) is 0 Å². The Morgan fingerprint density at radius 2 is 2.58 bits per heavy atom. The van der Waals surface area contributed by atoms with Crippen LogP contribution in [-0.2, 0) is 4.74 Å². The molecule has 1 aromatic rings. The molecule has 5 nitrogen and oxygen atoms in total. The molecule has 0 spiro atoms. The maximum atomic E-state index is 5.87. The second-order valence-electron chi connectivity index (χ2n) is 2.69. The van der Waals surface area contributed by atoms with E-state index in [0.29, 0.717) is 0 Å². The highest BCUT2D eigenvalue weighted by Gasteiger charge is 2.17. The first kappa shape index (κ1) is 7.30. The highest BCUT2D eigenvalue weighted by Crippen LogP contribution is 2.22. The highest BCUT2D eigenvalue weighted by molar-refractivity contribution is 5.19. The number of nitrogens with one attached hydrogen (secondary N) is 1. The van der Waals surface area contributed by atoms with Gasteiger partial charge in [-0.1, -0.05) is 0 Å². The van der Waals surface area contributed by atoms with Crippen LogP contribution in [0.15, 0.2) is 18.0 Å². The fourth-order valence-corrected chi connectivity index (χ4v) is 1.18. The summed E-state index contributed by atoms with van der Waals surface area (Å²) >= 11 is 0. The lowest BCUT2D eigenvalue weighted by Gasteiger charge is -2.06.